The summed E-state index contributed by atoms with van der Waals surface area (Å²) in [6, 6.07) is 3.49. The van der Waals surface area contributed by atoms with Gasteiger partial charge in [0.2, 0.25) is 5.88 Å². The van der Waals surface area contributed by atoms with E-state index in [1.807, 2.05) is 0 Å². The van der Waals surface area contributed by atoms with Gasteiger partial charge in [-0.2, -0.15) is 0 Å². The zero-order valence-corrected chi connectivity index (χ0v) is 10.9. The number of piperazine rings is 1. The Morgan fingerprint density at radius 1 is 1.33 bits per heavy atom. The second-order valence-corrected chi connectivity index (χ2v) is 4.59. The smallest absolute Gasteiger partial charge is 0.212 e. The van der Waals surface area contributed by atoms with E-state index >= 15 is 0 Å². The molecule has 0 amide bonds. The minimum atomic E-state index is 0.120. The second kappa shape index (κ2) is 5.93. The van der Waals surface area contributed by atoms with E-state index in [1.165, 1.54) is 0 Å². The number of hydrogen-bond donors (Lipinski definition) is 0. The van der Waals surface area contributed by atoms with Gasteiger partial charge >= 0.3 is 0 Å². The molecule has 0 N–H and O–H groups in total. The number of pyridine rings is 1. The van der Waals surface area contributed by atoms with Crippen LogP contribution in [0.5, 0.6) is 5.88 Å². The zero-order chi connectivity index (χ0) is 13.0. The Balaban J connectivity index is 1.90. The SMILES string of the molecule is COc1ccc(C(=O)CN2CCN(C)CC2)cn1. The first-order valence-corrected chi connectivity index (χ1v) is 6.13. The van der Waals surface area contributed by atoms with Crippen LogP contribution in [0.25, 0.3) is 0 Å². The monoisotopic (exact) mass is 249 g/mol. The van der Waals surface area contributed by atoms with Gasteiger partial charge in [-0.25, -0.2) is 4.98 Å². The van der Waals surface area contributed by atoms with Crippen LogP contribution in [-0.4, -0.2) is 67.4 Å². The molecular weight excluding hydrogens is 230 g/mol. The van der Waals surface area contributed by atoms with E-state index in [2.05, 4.69) is 21.8 Å². The Hall–Kier alpha value is -1.46. The lowest BCUT2D eigenvalue weighted by Gasteiger charge is -2.31. The first-order valence-electron chi connectivity index (χ1n) is 6.13. The molecule has 1 fully saturated rings. The maximum absolute atomic E-state index is 12.1. The third-order valence-corrected chi connectivity index (χ3v) is 3.23. The van der Waals surface area contributed by atoms with Crippen LogP contribution in [0.3, 0.4) is 0 Å². The molecule has 0 aromatic carbocycles. The zero-order valence-electron chi connectivity index (χ0n) is 10.9. The average Bonchev–Trinajstić information content (AvgIpc) is 2.41. The molecule has 1 aliphatic rings. The molecule has 0 bridgehead atoms. The number of nitrogens with zero attached hydrogens (tertiary/aromatic N) is 3. The number of ether oxygens (including phenoxy) is 1. The van der Waals surface area contributed by atoms with E-state index in [9.17, 15) is 4.79 Å². The van der Waals surface area contributed by atoms with Gasteiger partial charge in [0.1, 0.15) is 0 Å². The summed E-state index contributed by atoms with van der Waals surface area (Å²) < 4.78 is 4.97. The maximum atomic E-state index is 12.1. The quantitative estimate of drug-likeness (QED) is 0.728. The molecule has 0 unspecified atom stereocenters. The highest BCUT2D eigenvalue weighted by Crippen LogP contribution is 2.08. The van der Waals surface area contributed by atoms with Crippen molar-refractivity contribution in [2.45, 2.75) is 0 Å². The summed E-state index contributed by atoms with van der Waals surface area (Å²) in [7, 11) is 3.67. The minimum Gasteiger partial charge on any atom is -0.481 e. The average molecular weight is 249 g/mol. The van der Waals surface area contributed by atoms with Gasteiger partial charge in [-0.1, -0.05) is 0 Å². The number of likely N-dealkylation sites (N-methyl/N-ethyl adjacent to an activating group) is 1. The molecule has 5 heteroatoms. The fourth-order valence-corrected chi connectivity index (χ4v) is 1.97. The predicted molar refractivity (Wildman–Crippen MR) is 69.1 cm³/mol. The largest absolute Gasteiger partial charge is 0.481 e. The first-order chi connectivity index (χ1) is 8.69. The van der Waals surface area contributed by atoms with Crippen LogP contribution in [0.4, 0.5) is 0 Å². The number of methoxy groups -OCH3 is 1. The van der Waals surface area contributed by atoms with Crippen LogP contribution < -0.4 is 4.74 Å². The van der Waals surface area contributed by atoms with Crippen molar-refractivity contribution in [1.29, 1.82) is 0 Å². The van der Waals surface area contributed by atoms with Gasteiger partial charge in [0.25, 0.3) is 0 Å². The molecule has 0 atom stereocenters. The molecule has 0 radical (unpaired) electrons. The van der Waals surface area contributed by atoms with E-state index in [1.54, 1.807) is 25.4 Å². The highest BCUT2D eigenvalue weighted by atomic mass is 16.5. The van der Waals surface area contributed by atoms with E-state index in [4.69, 9.17) is 4.74 Å². The molecule has 0 saturated carbocycles. The fraction of sp³-hybridized carbons (Fsp3) is 0.538. The number of rotatable bonds is 4. The molecule has 2 heterocycles. The van der Waals surface area contributed by atoms with Crippen molar-refractivity contribution in [2.24, 2.45) is 0 Å². The molecule has 0 aliphatic carbocycles. The fourth-order valence-electron chi connectivity index (χ4n) is 1.97. The van der Waals surface area contributed by atoms with Crippen LogP contribution in [0.2, 0.25) is 0 Å². The summed E-state index contributed by atoms with van der Waals surface area (Å²) in [4.78, 5) is 20.6. The van der Waals surface area contributed by atoms with Gasteiger partial charge < -0.3 is 9.64 Å². The topological polar surface area (TPSA) is 45.7 Å². The van der Waals surface area contributed by atoms with Crippen molar-refractivity contribution in [3.8, 4) is 5.88 Å². The third kappa shape index (κ3) is 3.27. The molecule has 5 nitrogen and oxygen atoms in total. The number of hydrogen-bond acceptors (Lipinski definition) is 5. The second-order valence-electron chi connectivity index (χ2n) is 4.59. The highest BCUT2D eigenvalue weighted by molar-refractivity contribution is 5.97. The van der Waals surface area contributed by atoms with Crippen LogP contribution >= 0.6 is 0 Å². The minimum absolute atomic E-state index is 0.120. The van der Waals surface area contributed by atoms with Crippen molar-refractivity contribution in [3.63, 3.8) is 0 Å². The summed E-state index contributed by atoms with van der Waals surface area (Å²) in [5, 5.41) is 0. The van der Waals surface area contributed by atoms with E-state index < -0.39 is 0 Å². The van der Waals surface area contributed by atoms with Crippen LogP contribution in [0, 0.1) is 0 Å². The van der Waals surface area contributed by atoms with Gasteiger partial charge in [0.15, 0.2) is 5.78 Å². The Bertz CT molecular complexity index is 397. The lowest BCUT2D eigenvalue weighted by molar-refractivity contribution is 0.0876. The summed E-state index contributed by atoms with van der Waals surface area (Å²) in [5.41, 5.74) is 0.648. The molecule has 1 aliphatic heterocycles. The van der Waals surface area contributed by atoms with Gasteiger partial charge in [-0.05, 0) is 13.1 Å². The van der Waals surface area contributed by atoms with E-state index in [0.29, 0.717) is 18.0 Å². The lowest BCUT2D eigenvalue weighted by Crippen LogP contribution is -2.46. The molecule has 18 heavy (non-hydrogen) atoms. The number of aromatic nitrogens is 1. The first kappa shape index (κ1) is 13.0. The molecule has 0 spiro atoms. The molecular formula is C13H19N3O2. The van der Waals surface area contributed by atoms with Crippen molar-refractivity contribution in [3.05, 3.63) is 23.9 Å². The standard InChI is InChI=1S/C13H19N3O2/c1-15-5-7-16(8-6-15)10-12(17)11-3-4-13(18-2)14-9-11/h3-4,9H,5-8,10H2,1-2H3. The van der Waals surface area contributed by atoms with Gasteiger partial charge in [0, 0.05) is 44.0 Å². The maximum Gasteiger partial charge on any atom is 0.212 e. The van der Waals surface area contributed by atoms with Crippen LogP contribution in [-0.2, 0) is 0 Å². The Morgan fingerprint density at radius 2 is 2.06 bits per heavy atom. The summed E-state index contributed by atoms with van der Waals surface area (Å²) >= 11 is 0. The number of carbonyl (C=O) groups is 1. The molecule has 1 aromatic rings. The van der Waals surface area contributed by atoms with Crippen molar-refractivity contribution >= 4 is 5.78 Å². The van der Waals surface area contributed by atoms with Crippen molar-refractivity contribution < 1.29 is 9.53 Å². The summed E-state index contributed by atoms with van der Waals surface area (Å²) in [6.45, 7) is 4.42. The lowest BCUT2D eigenvalue weighted by atomic mass is 10.1. The van der Waals surface area contributed by atoms with Crippen LogP contribution in [0.15, 0.2) is 18.3 Å². The summed E-state index contributed by atoms with van der Waals surface area (Å²) in [5.74, 6) is 0.654. The van der Waals surface area contributed by atoms with E-state index in [0.717, 1.165) is 26.2 Å². The van der Waals surface area contributed by atoms with Gasteiger partial charge in [-0.15, -0.1) is 0 Å². The number of ketones is 1. The van der Waals surface area contributed by atoms with Crippen LogP contribution in [0.1, 0.15) is 10.4 Å². The van der Waals surface area contributed by atoms with Crippen molar-refractivity contribution in [1.82, 2.24) is 14.8 Å². The Labute approximate surface area is 107 Å². The molecule has 98 valence electrons. The molecule has 2 rings (SSSR count). The Kier molecular flexibility index (Phi) is 4.28. The highest BCUT2D eigenvalue weighted by Gasteiger charge is 2.17. The van der Waals surface area contributed by atoms with Gasteiger partial charge in [0.05, 0.1) is 13.7 Å². The molecule has 1 saturated heterocycles. The Morgan fingerprint density at radius 3 is 2.61 bits per heavy atom. The normalized spacial score (nSPS) is 17.7. The summed E-state index contributed by atoms with van der Waals surface area (Å²) in [6.07, 6.45) is 1.58. The predicted octanol–water partition coefficient (Wildman–Crippen LogP) is 0.520. The number of carbonyl (C=O) groups excluding carboxylic acids is 1. The van der Waals surface area contributed by atoms with Crippen molar-refractivity contribution in [2.75, 3.05) is 46.9 Å². The molecule has 1 aromatic heterocycles. The number of Topliss-reactive ketones (excluding diaryl/α,β-unsaturated/α-hetero) is 1. The van der Waals surface area contributed by atoms with Gasteiger partial charge in [-0.3, -0.25) is 9.69 Å². The third-order valence-electron chi connectivity index (χ3n) is 3.23. The van der Waals surface area contributed by atoms with E-state index in [-0.39, 0.29) is 5.78 Å².